The first kappa shape index (κ1) is 9.48. The van der Waals surface area contributed by atoms with E-state index in [1.54, 1.807) is 7.05 Å². The Bertz CT molecular complexity index is 172. The Morgan fingerprint density at radius 3 is 2.75 bits per heavy atom. The lowest BCUT2D eigenvalue weighted by atomic mass is 9.98. The van der Waals surface area contributed by atoms with Crippen LogP contribution in [0.4, 0.5) is 0 Å². The van der Waals surface area contributed by atoms with E-state index in [-0.39, 0.29) is 6.10 Å². The average Bonchev–Trinajstić information content (AvgIpc) is 2.38. The Morgan fingerprint density at radius 2 is 2.42 bits per heavy atom. The third-order valence-corrected chi connectivity index (χ3v) is 2.35. The molecule has 1 fully saturated rings. The van der Waals surface area contributed by atoms with Gasteiger partial charge in [0.2, 0.25) is 0 Å². The molecule has 1 saturated heterocycles. The van der Waals surface area contributed by atoms with Crippen LogP contribution in [-0.4, -0.2) is 36.9 Å². The highest BCUT2D eigenvalue weighted by molar-refractivity contribution is 5.74. The van der Waals surface area contributed by atoms with Crippen molar-refractivity contribution in [3.8, 4) is 0 Å². The lowest BCUT2D eigenvalue weighted by Crippen LogP contribution is -2.46. The van der Waals surface area contributed by atoms with Crippen LogP contribution in [0, 0.1) is 5.92 Å². The van der Waals surface area contributed by atoms with E-state index in [0.29, 0.717) is 12.5 Å². The zero-order valence-electron chi connectivity index (χ0n) is 7.41. The van der Waals surface area contributed by atoms with Gasteiger partial charge in [-0.05, 0) is 19.4 Å². The second-order valence-corrected chi connectivity index (χ2v) is 3.21. The van der Waals surface area contributed by atoms with E-state index >= 15 is 0 Å². The molecule has 0 aromatic heterocycles. The van der Waals surface area contributed by atoms with Gasteiger partial charge in [-0.1, -0.05) is 6.92 Å². The molecule has 0 amide bonds. The number of likely N-dealkylation sites (N-methyl/N-ethyl adjacent to an activating group) is 1. The molecule has 12 heavy (non-hydrogen) atoms. The standard InChI is InChI=1S/C8H15NO3/c1-5-3-4-12-7(5)6(9-2)8(10)11/h5-7,9H,3-4H2,1-2H3,(H,10,11)/t5-,6+,7-/m1/s1. The maximum Gasteiger partial charge on any atom is 0.323 e. The minimum Gasteiger partial charge on any atom is -0.480 e. The van der Waals surface area contributed by atoms with Gasteiger partial charge in [0.1, 0.15) is 6.04 Å². The molecule has 0 aromatic rings. The van der Waals surface area contributed by atoms with Gasteiger partial charge >= 0.3 is 5.97 Å². The van der Waals surface area contributed by atoms with Gasteiger partial charge in [-0.15, -0.1) is 0 Å². The zero-order chi connectivity index (χ0) is 9.14. The first-order chi connectivity index (χ1) is 5.66. The number of rotatable bonds is 3. The summed E-state index contributed by atoms with van der Waals surface area (Å²) in [6.45, 7) is 2.70. The highest BCUT2D eigenvalue weighted by atomic mass is 16.5. The number of aliphatic carboxylic acids is 1. The van der Waals surface area contributed by atoms with Crippen molar-refractivity contribution in [2.24, 2.45) is 5.92 Å². The summed E-state index contributed by atoms with van der Waals surface area (Å²) in [5.41, 5.74) is 0. The third kappa shape index (κ3) is 1.76. The van der Waals surface area contributed by atoms with Crippen LogP contribution in [0.2, 0.25) is 0 Å². The highest BCUT2D eigenvalue weighted by Gasteiger charge is 2.35. The molecule has 0 saturated carbocycles. The van der Waals surface area contributed by atoms with Gasteiger partial charge in [0.05, 0.1) is 6.10 Å². The Kier molecular flexibility index (Phi) is 3.05. The van der Waals surface area contributed by atoms with Crippen LogP contribution in [0.3, 0.4) is 0 Å². The molecular formula is C8H15NO3. The smallest absolute Gasteiger partial charge is 0.323 e. The first-order valence-electron chi connectivity index (χ1n) is 4.18. The van der Waals surface area contributed by atoms with Crippen LogP contribution >= 0.6 is 0 Å². The minimum absolute atomic E-state index is 0.174. The van der Waals surface area contributed by atoms with Gasteiger partial charge in [-0.2, -0.15) is 0 Å². The number of carboxylic acids is 1. The number of carboxylic acid groups (broad SMARTS) is 1. The molecular weight excluding hydrogens is 158 g/mol. The molecule has 0 unspecified atom stereocenters. The fourth-order valence-corrected chi connectivity index (χ4v) is 1.57. The SMILES string of the molecule is CN[C@H](C(=O)O)[C@@H]1OCC[C@H]1C. The summed E-state index contributed by atoms with van der Waals surface area (Å²) in [7, 11) is 1.65. The fourth-order valence-electron chi connectivity index (χ4n) is 1.57. The number of hydrogen-bond donors (Lipinski definition) is 2. The van der Waals surface area contributed by atoms with Crippen molar-refractivity contribution >= 4 is 5.97 Å². The Labute approximate surface area is 71.9 Å². The van der Waals surface area contributed by atoms with E-state index < -0.39 is 12.0 Å². The lowest BCUT2D eigenvalue weighted by molar-refractivity contribution is -0.143. The van der Waals surface area contributed by atoms with Crippen molar-refractivity contribution in [2.75, 3.05) is 13.7 Å². The highest BCUT2D eigenvalue weighted by Crippen LogP contribution is 2.22. The Hall–Kier alpha value is -0.610. The van der Waals surface area contributed by atoms with Gasteiger partial charge in [-0.25, -0.2) is 0 Å². The van der Waals surface area contributed by atoms with E-state index in [4.69, 9.17) is 9.84 Å². The molecule has 0 aliphatic carbocycles. The normalized spacial score (nSPS) is 31.8. The number of ether oxygens (including phenoxy) is 1. The summed E-state index contributed by atoms with van der Waals surface area (Å²) < 4.78 is 5.34. The largest absolute Gasteiger partial charge is 0.480 e. The number of carbonyl (C=O) groups is 1. The van der Waals surface area contributed by atoms with Crippen molar-refractivity contribution < 1.29 is 14.6 Å². The number of nitrogens with one attached hydrogen (secondary N) is 1. The molecule has 0 aromatic carbocycles. The van der Waals surface area contributed by atoms with E-state index in [9.17, 15) is 4.79 Å². The Morgan fingerprint density at radius 1 is 1.75 bits per heavy atom. The molecule has 0 bridgehead atoms. The predicted octanol–water partition coefficient (Wildman–Crippen LogP) is 0.0840. The van der Waals surface area contributed by atoms with Crippen LogP contribution in [0.5, 0.6) is 0 Å². The number of hydrogen-bond acceptors (Lipinski definition) is 3. The summed E-state index contributed by atoms with van der Waals surface area (Å²) in [6.07, 6.45) is 0.781. The monoisotopic (exact) mass is 173 g/mol. The molecule has 2 N–H and O–H groups in total. The maximum atomic E-state index is 10.7. The summed E-state index contributed by atoms with van der Waals surface area (Å²) in [5, 5.41) is 11.6. The molecule has 1 rings (SSSR count). The van der Waals surface area contributed by atoms with E-state index in [1.165, 1.54) is 0 Å². The second-order valence-electron chi connectivity index (χ2n) is 3.21. The minimum atomic E-state index is -0.837. The van der Waals surface area contributed by atoms with Gasteiger partial charge < -0.3 is 15.2 Å². The van der Waals surface area contributed by atoms with Gasteiger partial charge in [-0.3, -0.25) is 4.79 Å². The topological polar surface area (TPSA) is 58.6 Å². The van der Waals surface area contributed by atoms with Crippen molar-refractivity contribution in [1.82, 2.24) is 5.32 Å². The molecule has 4 nitrogen and oxygen atoms in total. The molecule has 70 valence electrons. The van der Waals surface area contributed by atoms with Crippen LogP contribution in [-0.2, 0) is 9.53 Å². The third-order valence-electron chi connectivity index (χ3n) is 2.35. The molecule has 3 atom stereocenters. The fraction of sp³-hybridized carbons (Fsp3) is 0.875. The second kappa shape index (κ2) is 3.87. The van der Waals surface area contributed by atoms with Crippen LogP contribution < -0.4 is 5.32 Å². The van der Waals surface area contributed by atoms with Crippen LogP contribution in [0.15, 0.2) is 0 Å². The molecule has 1 aliphatic rings. The van der Waals surface area contributed by atoms with Crippen LogP contribution in [0.25, 0.3) is 0 Å². The first-order valence-corrected chi connectivity index (χ1v) is 4.18. The van der Waals surface area contributed by atoms with Crippen LogP contribution in [0.1, 0.15) is 13.3 Å². The molecule has 1 aliphatic heterocycles. The van der Waals surface area contributed by atoms with Crippen molar-refractivity contribution in [3.05, 3.63) is 0 Å². The van der Waals surface area contributed by atoms with Crippen molar-refractivity contribution in [2.45, 2.75) is 25.5 Å². The summed E-state index contributed by atoms with van der Waals surface area (Å²) in [5.74, 6) is -0.505. The van der Waals surface area contributed by atoms with Gasteiger partial charge in [0, 0.05) is 6.61 Å². The van der Waals surface area contributed by atoms with Crippen molar-refractivity contribution in [3.63, 3.8) is 0 Å². The predicted molar refractivity (Wildman–Crippen MR) is 44.0 cm³/mol. The van der Waals surface area contributed by atoms with Crippen molar-refractivity contribution in [1.29, 1.82) is 0 Å². The maximum absolute atomic E-state index is 10.7. The Balaban J connectivity index is 2.58. The quantitative estimate of drug-likeness (QED) is 0.634. The lowest BCUT2D eigenvalue weighted by Gasteiger charge is -2.21. The molecule has 0 spiro atoms. The van der Waals surface area contributed by atoms with Gasteiger partial charge in [0.25, 0.3) is 0 Å². The summed E-state index contributed by atoms with van der Waals surface area (Å²) in [6, 6.07) is -0.567. The van der Waals surface area contributed by atoms with Gasteiger partial charge in [0.15, 0.2) is 0 Å². The molecule has 4 heteroatoms. The summed E-state index contributed by atoms with van der Waals surface area (Å²) in [4.78, 5) is 10.7. The van der Waals surface area contributed by atoms with E-state index in [0.717, 1.165) is 6.42 Å². The average molecular weight is 173 g/mol. The molecule has 1 heterocycles. The van der Waals surface area contributed by atoms with E-state index in [2.05, 4.69) is 5.32 Å². The van der Waals surface area contributed by atoms with E-state index in [1.807, 2.05) is 6.92 Å². The summed E-state index contributed by atoms with van der Waals surface area (Å²) >= 11 is 0. The zero-order valence-corrected chi connectivity index (χ0v) is 7.41. The molecule has 0 radical (unpaired) electrons.